The lowest BCUT2D eigenvalue weighted by molar-refractivity contribution is -0.140. The van der Waals surface area contributed by atoms with Crippen LogP contribution in [0.5, 0.6) is 17.2 Å². The van der Waals surface area contributed by atoms with Crippen molar-refractivity contribution in [1.82, 2.24) is 15.1 Å². The monoisotopic (exact) mass is 539 g/mol. The zero-order valence-corrected chi connectivity index (χ0v) is 23.5. The Kier molecular flexibility index (Phi) is 10.2. The number of benzene rings is 2. The number of amides is 2. The van der Waals surface area contributed by atoms with Crippen LogP contribution in [0.4, 0.5) is 0 Å². The van der Waals surface area contributed by atoms with Crippen LogP contribution in [0.1, 0.15) is 37.8 Å². The minimum atomic E-state index is -0.297. The summed E-state index contributed by atoms with van der Waals surface area (Å²) in [5.74, 6) is 1.84. The van der Waals surface area contributed by atoms with E-state index in [4.69, 9.17) is 18.9 Å². The Labute approximate surface area is 231 Å². The van der Waals surface area contributed by atoms with Crippen molar-refractivity contribution < 1.29 is 28.5 Å². The van der Waals surface area contributed by atoms with E-state index in [1.54, 1.807) is 14.2 Å². The third kappa shape index (κ3) is 7.94. The van der Waals surface area contributed by atoms with Crippen LogP contribution in [0.25, 0.3) is 0 Å². The molecule has 39 heavy (non-hydrogen) atoms. The minimum absolute atomic E-state index is 0.0936. The highest BCUT2D eigenvalue weighted by atomic mass is 16.5. The highest BCUT2D eigenvalue weighted by molar-refractivity contribution is 5.80. The van der Waals surface area contributed by atoms with Gasteiger partial charge in [0.15, 0.2) is 11.5 Å². The molecule has 9 heteroatoms. The van der Waals surface area contributed by atoms with Gasteiger partial charge in [-0.05, 0) is 48.2 Å². The summed E-state index contributed by atoms with van der Waals surface area (Å²) in [7, 11) is 3.30. The number of carbonyl (C=O) groups excluding carboxylic acids is 2. The number of nitrogens with zero attached hydrogens (tertiary/aromatic N) is 2. The Bertz CT molecular complexity index is 1120. The largest absolute Gasteiger partial charge is 0.493 e. The Balaban J connectivity index is 1.63. The second kappa shape index (κ2) is 13.8. The van der Waals surface area contributed by atoms with Gasteiger partial charge < -0.3 is 29.2 Å². The van der Waals surface area contributed by atoms with Crippen LogP contribution in [0.3, 0.4) is 0 Å². The van der Waals surface area contributed by atoms with Gasteiger partial charge in [0.05, 0.1) is 32.4 Å². The zero-order chi connectivity index (χ0) is 27.8. The summed E-state index contributed by atoms with van der Waals surface area (Å²) in [5.41, 5.74) is 1.97. The van der Waals surface area contributed by atoms with E-state index in [2.05, 4.69) is 10.2 Å². The summed E-state index contributed by atoms with van der Waals surface area (Å²) < 4.78 is 23.4. The molecule has 2 aliphatic heterocycles. The van der Waals surface area contributed by atoms with E-state index in [0.717, 1.165) is 17.5 Å². The number of hydrogen-bond donors (Lipinski definition) is 1. The fourth-order valence-electron chi connectivity index (χ4n) is 5.12. The van der Waals surface area contributed by atoms with E-state index in [0.29, 0.717) is 63.1 Å². The number of hydrogen-bond acceptors (Lipinski definition) is 7. The molecule has 2 atom stereocenters. The summed E-state index contributed by atoms with van der Waals surface area (Å²) in [6, 6.07) is 13.3. The molecule has 2 aromatic carbocycles. The van der Waals surface area contributed by atoms with Gasteiger partial charge in [-0.25, -0.2) is 0 Å². The molecule has 0 aliphatic carbocycles. The number of likely N-dealkylation sites (tertiary alicyclic amines) is 1. The van der Waals surface area contributed by atoms with Crippen LogP contribution in [0.15, 0.2) is 42.5 Å². The van der Waals surface area contributed by atoms with Crippen molar-refractivity contribution in [3.8, 4) is 17.2 Å². The molecule has 0 aromatic heterocycles. The fourth-order valence-corrected chi connectivity index (χ4v) is 5.12. The van der Waals surface area contributed by atoms with Crippen LogP contribution in [-0.2, 0) is 32.2 Å². The topological polar surface area (TPSA) is 89.6 Å². The quantitative estimate of drug-likeness (QED) is 0.561. The summed E-state index contributed by atoms with van der Waals surface area (Å²) in [6.07, 6.45) is 1.23. The second-order valence-corrected chi connectivity index (χ2v) is 10.5. The lowest BCUT2D eigenvalue weighted by Gasteiger charge is -2.39. The third-order valence-electron chi connectivity index (χ3n) is 7.12. The average Bonchev–Trinajstić information content (AvgIpc) is 2.92. The van der Waals surface area contributed by atoms with E-state index >= 15 is 0 Å². The molecule has 2 aliphatic rings. The number of fused-ring (bicyclic) bond motifs is 5. The number of methoxy groups -OCH3 is 2. The van der Waals surface area contributed by atoms with E-state index in [9.17, 15) is 9.59 Å². The molecule has 4 bridgehead atoms. The summed E-state index contributed by atoms with van der Waals surface area (Å²) >= 11 is 0. The van der Waals surface area contributed by atoms with Gasteiger partial charge in [0, 0.05) is 45.8 Å². The Hall–Kier alpha value is -3.14. The zero-order valence-electron chi connectivity index (χ0n) is 23.5. The number of rotatable bonds is 6. The predicted molar refractivity (Wildman–Crippen MR) is 148 cm³/mol. The molecule has 2 amide bonds. The van der Waals surface area contributed by atoms with Gasteiger partial charge in [0.1, 0.15) is 5.75 Å². The van der Waals surface area contributed by atoms with Crippen molar-refractivity contribution in [3.63, 3.8) is 0 Å². The molecule has 0 radical (unpaired) electrons. The van der Waals surface area contributed by atoms with Crippen LogP contribution in [0.2, 0.25) is 0 Å². The summed E-state index contributed by atoms with van der Waals surface area (Å²) in [5, 5.41) is 3.20. The molecule has 0 unspecified atom stereocenters. The van der Waals surface area contributed by atoms with Gasteiger partial charge in [-0.15, -0.1) is 0 Å². The summed E-state index contributed by atoms with van der Waals surface area (Å²) in [6.45, 7) is 7.28. The maximum absolute atomic E-state index is 13.4. The molecule has 1 fully saturated rings. The molecule has 2 aromatic rings. The van der Waals surface area contributed by atoms with Crippen LogP contribution < -0.4 is 14.8 Å². The lowest BCUT2D eigenvalue weighted by atomic mass is 10.00. The molecular weight excluding hydrogens is 498 g/mol. The predicted octanol–water partition coefficient (Wildman–Crippen LogP) is 3.60. The van der Waals surface area contributed by atoms with Crippen molar-refractivity contribution in [2.24, 2.45) is 5.92 Å². The first-order chi connectivity index (χ1) is 18.9. The first-order valence-electron chi connectivity index (χ1n) is 13.7. The fraction of sp³-hybridized carbons (Fsp3) is 0.533. The first kappa shape index (κ1) is 28.9. The van der Waals surface area contributed by atoms with Gasteiger partial charge in [0.2, 0.25) is 11.8 Å². The van der Waals surface area contributed by atoms with Crippen LogP contribution in [-0.4, -0.2) is 80.8 Å². The van der Waals surface area contributed by atoms with E-state index in [-0.39, 0.29) is 36.4 Å². The second-order valence-electron chi connectivity index (χ2n) is 10.5. The Morgan fingerprint density at radius 3 is 2.74 bits per heavy atom. The van der Waals surface area contributed by atoms with Gasteiger partial charge >= 0.3 is 0 Å². The minimum Gasteiger partial charge on any atom is -0.493 e. The van der Waals surface area contributed by atoms with Crippen molar-refractivity contribution in [3.05, 3.63) is 53.6 Å². The van der Waals surface area contributed by atoms with Gasteiger partial charge in [-0.1, -0.05) is 32.0 Å². The molecule has 9 nitrogen and oxygen atoms in total. The number of piperidine rings is 1. The highest BCUT2D eigenvalue weighted by Crippen LogP contribution is 2.33. The van der Waals surface area contributed by atoms with E-state index in [1.807, 2.05) is 61.2 Å². The van der Waals surface area contributed by atoms with Gasteiger partial charge in [0.25, 0.3) is 0 Å². The maximum atomic E-state index is 13.4. The molecular formula is C30H41N3O6. The standard InChI is InChI=1S/C30H41N3O6/c1-21(2)30(35)33-13-11-26-25(18-33)31-29(34)19-32(12-6-14-36-3)17-22-9-10-27(37-4)28(16-22)39-24-8-5-7-23(15-24)20-38-26/h5,7-10,15-16,21,25-26H,6,11-14,17-20H2,1-4H3,(H,31,34)/t25-,26+/m0/s1. The smallest absolute Gasteiger partial charge is 0.234 e. The normalized spacial score (nSPS) is 20.6. The van der Waals surface area contributed by atoms with Crippen molar-refractivity contribution in [2.75, 3.05) is 47.0 Å². The first-order valence-corrected chi connectivity index (χ1v) is 13.7. The number of ether oxygens (including phenoxy) is 4. The summed E-state index contributed by atoms with van der Waals surface area (Å²) in [4.78, 5) is 30.1. The molecule has 0 saturated carbocycles. The van der Waals surface area contributed by atoms with Gasteiger partial charge in [-0.3, -0.25) is 14.5 Å². The van der Waals surface area contributed by atoms with E-state index in [1.165, 1.54) is 0 Å². The number of nitrogens with one attached hydrogen (secondary N) is 1. The Morgan fingerprint density at radius 2 is 1.97 bits per heavy atom. The van der Waals surface area contributed by atoms with Crippen molar-refractivity contribution >= 4 is 11.8 Å². The van der Waals surface area contributed by atoms with Crippen molar-refractivity contribution in [2.45, 2.75) is 52.0 Å². The molecule has 1 N–H and O–H groups in total. The highest BCUT2D eigenvalue weighted by Gasteiger charge is 2.34. The molecule has 2 heterocycles. The number of carbonyl (C=O) groups is 2. The van der Waals surface area contributed by atoms with Crippen LogP contribution >= 0.6 is 0 Å². The lowest BCUT2D eigenvalue weighted by Crippen LogP contribution is -2.58. The Morgan fingerprint density at radius 1 is 1.13 bits per heavy atom. The van der Waals surface area contributed by atoms with Crippen molar-refractivity contribution in [1.29, 1.82) is 0 Å². The van der Waals surface area contributed by atoms with Crippen LogP contribution in [0, 0.1) is 5.92 Å². The molecule has 1 saturated heterocycles. The SMILES string of the molecule is COCCCN1CC(=O)N[C@H]2CN(C(=O)C(C)C)CC[C@H]2OCc2cccc(c2)Oc2cc(ccc2OC)C1. The molecule has 4 rings (SSSR count). The van der Waals surface area contributed by atoms with E-state index < -0.39 is 0 Å². The molecule has 0 spiro atoms. The maximum Gasteiger partial charge on any atom is 0.234 e. The molecule has 212 valence electrons. The average molecular weight is 540 g/mol. The third-order valence-corrected chi connectivity index (χ3v) is 7.12. The van der Waals surface area contributed by atoms with Gasteiger partial charge in [-0.2, -0.15) is 0 Å².